The zero-order valence-corrected chi connectivity index (χ0v) is 12.9. The fourth-order valence-corrected chi connectivity index (χ4v) is 2.05. The Balaban J connectivity index is 4.47. The first-order valence-electron chi connectivity index (χ1n) is 5.54. The predicted molar refractivity (Wildman–Crippen MR) is 72.7 cm³/mol. The molecule has 2 N–H and O–H groups in total. The van der Waals surface area contributed by atoms with Gasteiger partial charge in [-0.2, -0.15) is 0 Å². The maximum atomic E-state index is 11.6. The summed E-state index contributed by atoms with van der Waals surface area (Å²) in [5.41, 5.74) is 0. The fourth-order valence-electron chi connectivity index (χ4n) is 0.973. The quantitative estimate of drug-likeness (QED) is 0.568. The molecule has 0 aromatic rings. The van der Waals surface area contributed by atoms with Crippen LogP contribution < -0.4 is 4.72 Å². The van der Waals surface area contributed by atoms with Gasteiger partial charge in [0, 0.05) is 12.7 Å². The molecule has 20 heavy (non-hydrogen) atoms. The molecule has 0 saturated heterocycles. The minimum Gasteiger partial charge on any atom is -0.478 e. The van der Waals surface area contributed by atoms with Crippen molar-refractivity contribution in [1.29, 1.82) is 0 Å². The molecule has 10 heteroatoms. The maximum absolute atomic E-state index is 11.6. The minimum absolute atomic E-state index is 0.167. The molecule has 0 bridgehead atoms. The molecule has 8 nitrogen and oxygen atoms in total. The van der Waals surface area contributed by atoms with Crippen molar-refractivity contribution in [2.24, 2.45) is 5.92 Å². The molecular formula is C10H17NO7S2. The molecule has 0 aliphatic rings. The van der Waals surface area contributed by atoms with Gasteiger partial charge in [0.1, 0.15) is 0 Å². The first kappa shape index (κ1) is 18.9. The Hall–Kier alpha value is -1.13. The average molecular weight is 327 g/mol. The third kappa shape index (κ3) is 8.88. The molecule has 0 saturated carbocycles. The number of aliphatic carboxylic acids is 1. The largest absolute Gasteiger partial charge is 0.478 e. The maximum Gasteiger partial charge on any atom is 0.346 e. The lowest BCUT2D eigenvalue weighted by Gasteiger charge is -2.16. The Labute approximate surface area is 121 Å². The van der Waals surface area contributed by atoms with Crippen LogP contribution in [0.5, 0.6) is 0 Å². The number of hydrogen-bond acceptors (Lipinski definition) is 7. The Bertz CT molecular complexity index is 474. The van der Waals surface area contributed by atoms with Gasteiger partial charge in [0.25, 0.3) is 0 Å². The summed E-state index contributed by atoms with van der Waals surface area (Å²) in [6, 6.07) is 0. The lowest BCUT2D eigenvalue weighted by atomic mass is 10.2. The van der Waals surface area contributed by atoms with E-state index in [9.17, 15) is 22.8 Å². The van der Waals surface area contributed by atoms with Crippen LogP contribution in [0.25, 0.3) is 0 Å². The predicted octanol–water partition coefficient (Wildman–Crippen LogP) is -0.552. The van der Waals surface area contributed by atoms with Crippen molar-refractivity contribution in [3.05, 3.63) is 0 Å². The van der Waals surface area contributed by atoms with Crippen LogP contribution in [0.3, 0.4) is 0 Å². The van der Waals surface area contributed by atoms with Crippen LogP contribution in [0.4, 0.5) is 0 Å². The number of nitrogens with one attached hydrogen (secondary N) is 1. The highest BCUT2D eigenvalue weighted by molar-refractivity contribution is 8.13. The summed E-state index contributed by atoms with van der Waals surface area (Å²) in [7, 11) is -3.58. The number of sulfonamides is 1. The third-order valence-electron chi connectivity index (χ3n) is 2.00. The van der Waals surface area contributed by atoms with Crippen LogP contribution in [0.1, 0.15) is 13.8 Å². The molecule has 0 aliphatic heterocycles. The van der Waals surface area contributed by atoms with E-state index in [-0.39, 0.29) is 10.9 Å². The van der Waals surface area contributed by atoms with E-state index in [2.05, 4.69) is 0 Å². The lowest BCUT2D eigenvalue weighted by molar-refractivity contribution is -0.165. The van der Waals surface area contributed by atoms with Crippen LogP contribution in [-0.4, -0.2) is 55.2 Å². The van der Waals surface area contributed by atoms with E-state index in [1.807, 2.05) is 4.72 Å². The Morgan fingerprint density at radius 3 is 2.30 bits per heavy atom. The van der Waals surface area contributed by atoms with Gasteiger partial charge in [0.15, 0.2) is 5.12 Å². The van der Waals surface area contributed by atoms with Crippen LogP contribution >= 0.6 is 11.8 Å². The number of esters is 1. The monoisotopic (exact) mass is 327 g/mol. The van der Waals surface area contributed by atoms with E-state index in [0.717, 1.165) is 18.0 Å². The molecule has 0 amide bonds. The van der Waals surface area contributed by atoms with E-state index in [1.165, 1.54) is 13.8 Å². The molecule has 0 heterocycles. The summed E-state index contributed by atoms with van der Waals surface area (Å²) < 4.78 is 28.4. The normalized spacial score (nSPS) is 14.3. The lowest BCUT2D eigenvalue weighted by Crippen LogP contribution is -2.40. The summed E-state index contributed by atoms with van der Waals surface area (Å²) in [5, 5.41) is 8.68. The van der Waals surface area contributed by atoms with Crippen LogP contribution in [0.15, 0.2) is 0 Å². The van der Waals surface area contributed by atoms with Crippen molar-refractivity contribution in [2.45, 2.75) is 20.0 Å². The summed E-state index contributed by atoms with van der Waals surface area (Å²) in [6.45, 7) is 2.28. The molecule has 2 atom stereocenters. The molecule has 0 spiro atoms. The standard InChI is InChI=1S/C10H17NO7S2/c1-6(5-19-7(2)12)10(15)18-8(9(13)14)4-11-20(3,16)17/h6,8,11H,4-5H2,1-3H3,(H,13,14)/t6-,8?/m1/s1. The van der Waals surface area contributed by atoms with E-state index >= 15 is 0 Å². The number of ether oxygens (including phenoxy) is 1. The van der Waals surface area contributed by atoms with E-state index in [0.29, 0.717) is 0 Å². The molecule has 0 rings (SSSR count). The summed E-state index contributed by atoms with van der Waals surface area (Å²) in [6.07, 6.45) is -0.748. The van der Waals surface area contributed by atoms with Gasteiger partial charge in [-0.25, -0.2) is 17.9 Å². The summed E-state index contributed by atoms with van der Waals surface area (Å²) in [4.78, 5) is 33.2. The van der Waals surface area contributed by atoms with Crippen LogP contribution in [0.2, 0.25) is 0 Å². The number of rotatable bonds is 8. The highest BCUT2D eigenvalue weighted by atomic mass is 32.2. The number of thioether (sulfide) groups is 1. The van der Waals surface area contributed by atoms with Gasteiger partial charge in [-0.1, -0.05) is 18.7 Å². The SMILES string of the molecule is CC(=O)SC[C@@H](C)C(=O)OC(CNS(C)(=O)=O)C(=O)O. The summed E-state index contributed by atoms with van der Waals surface area (Å²) >= 11 is 0.922. The first-order chi connectivity index (χ1) is 9.03. The van der Waals surface area contributed by atoms with Crippen molar-refractivity contribution < 1.29 is 32.6 Å². The zero-order chi connectivity index (χ0) is 15.9. The fraction of sp³-hybridized carbons (Fsp3) is 0.700. The Morgan fingerprint density at radius 1 is 1.35 bits per heavy atom. The molecular weight excluding hydrogens is 310 g/mol. The van der Waals surface area contributed by atoms with Gasteiger partial charge in [-0.15, -0.1) is 0 Å². The van der Waals surface area contributed by atoms with Crippen molar-refractivity contribution in [3.8, 4) is 0 Å². The Morgan fingerprint density at radius 2 is 1.90 bits per heavy atom. The smallest absolute Gasteiger partial charge is 0.346 e. The van der Waals surface area contributed by atoms with Gasteiger partial charge in [0.2, 0.25) is 16.1 Å². The van der Waals surface area contributed by atoms with Gasteiger partial charge in [-0.05, 0) is 0 Å². The molecule has 116 valence electrons. The number of carbonyl (C=O) groups is 3. The van der Waals surface area contributed by atoms with E-state index in [4.69, 9.17) is 9.84 Å². The van der Waals surface area contributed by atoms with Gasteiger partial charge in [0.05, 0.1) is 18.7 Å². The summed E-state index contributed by atoms with van der Waals surface area (Å²) in [5.74, 6) is -2.77. The van der Waals surface area contributed by atoms with Crippen molar-refractivity contribution >= 4 is 38.8 Å². The van der Waals surface area contributed by atoms with Crippen molar-refractivity contribution in [2.75, 3.05) is 18.6 Å². The minimum atomic E-state index is -3.58. The number of hydrogen-bond donors (Lipinski definition) is 2. The second-order valence-corrected chi connectivity index (χ2v) is 7.12. The second kappa shape index (κ2) is 8.22. The van der Waals surface area contributed by atoms with E-state index in [1.54, 1.807) is 0 Å². The van der Waals surface area contributed by atoms with Crippen molar-refractivity contribution in [3.63, 3.8) is 0 Å². The molecule has 0 fully saturated rings. The van der Waals surface area contributed by atoms with Gasteiger partial charge < -0.3 is 9.84 Å². The second-order valence-electron chi connectivity index (χ2n) is 4.09. The van der Waals surface area contributed by atoms with Crippen LogP contribution in [-0.2, 0) is 29.1 Å². The highest BCUT2D eigenvalue weighted by Gasteiger charge is 2.26. The zero-order valence-electron chi connectivity index (χ0n) is 11.3. The molecule has 0 aromatic heterocycles. The number of carboxylic acids is 1. The molecule has 0 radical (unpaired) electrons. The average Bonchev–Trinajstić information content (AvgIpc) is 2.29. The molecule has 1 unspecified atom stereocenters. The highest BCUT2D eigenvalue weighted by Crippen LogP contribution is 2.11. The molecule has 0 aliphatic carbocycles. The topological polar surface area (TPSA) is 127 Å². The molecule has 0 aromatic carbocycles. The van der Waals surface area contributed by atoms with Gasteiger partial charge in [-0.3, -0.25) is 9.59 Å². The van der Waals surface area contributed by atoms with Gasteiger partial charge >= 0.3 is 11.9 Å². The first-order valence-corrected chi connectivity index (χ1v) is 8.42. The van der Waals surface area contributed by atoms with Crippen LogP contribution in [0, 0.1) is 5.92 Å². The third-order valence-corrected chi connectivity index (χ3v) is 3.77. The van der Waals surface area contributed by atoms with E-state index < -0.39 is 40.5 Å². The number of carbonyl (C=O) groups excluding carboxylic acids is 2. The Kier molecular flexibility index (Phi) is 7.76. The number of carboxylic acid groups (broad SMARTS) is 1. The van der Waals surface area contributed by atoms with Crippen molar-refractivity contribution in [1.82, 2.24) is 4.72 Å².